The number of halogens is 1. The van der Waals surface area contributed by atoms with Crippen LogP contribution < -0.4 is 0 Å². The summed E-state index contributed by atoms with van der Waals surface area (Å²) >= 11 is 6.54. The number of aliphatic hydroxyl groups excluding tert-OH is 2. The van der Waals surface area contributed by atoms with E-state index in [-0.39, 0.29) is 37.0 Å². The molecule has 240 valence electrons. The third-order valence-corrected chi connectivity index (χ3v) is 8.11. The molecule has 0 spiro atoms. The first-order valence-electron chi connectivity index (χ1n) is 14.8. The summed E-state index contributed by atoms with van der Waals surface area (Å²) in [6.45, 7) is 13.5. The van der Waals surface area contributed by atoms with E-state index in [0.29, 0.717) is 12.8 Å². The van der Waals surface area contributed by atoms with Crippen molar-refractivity contribution in [2.24, 2.45) is 17.8 Å². The first-order valence-corrected chi connectivity index (χ1v) is 15.2. The second-order valence-corrected chi connectivity index (χ2v) is 12.4. The fourth-order valence-corrected chi connectivity index (χ4v) is 5.53. The molecule has 0 aromatic rings. The Morgan fingerprint density at radius 1 is 1.21 bits per heavy atom. The molecular weight excluding hydrogens is 564 g/mol. The van der Waals surface area contributed by atoms with Gasteiger partial charge in [-0.2, -0.15) is 0 Å². The van der Waals surface area contributed by atoms with Crippen LogP contribution in [0.15, 0.2) is 36.0 Å². The summed E-state index contributed by atoms with van der Waals surface area (Å²) in [6.07, 6.45) is 6.14. The Morgan fingerprint density at radius 2 is 1.86 bits per heavy atom. The van der Waals surface area contributed by atoms with E-state index in [2.05, 4.69) is 0 Å². The van der Waals surface area contributed by atoms with Gasteiger partial charge in [0.1, 0.15) is 23.9 Å². The zero-order valence-corrected chi connectivity index (χ0v) is 27.0. The summed E-state index contributed by atoms with van der Waals surface area (Å²) in [7, 11) is 0. The monoisotopic (exact) mass is 614 g/mol. The molecular formula is C32H51ClO9. The third-order valence-electron chi connectivity index (χ3n) is 7.68. The predicted octanol–water partition coefficient (Wildman–Crippen LogP) is 4.79. The number of rotatable bonds is 11. The van der Waals surface area contributed by atoms with Crippen molar-refractivity contribution in [3.63, 3.8) is 0 Å². The molecule has 1 aliphatic heterocycles. The molecule has 3 N–H and O–H groups in total. The van der Waals surface area contributed by atoms with E-state index in [0.717, 1.165) is 5.57 Å². The van der Waals surface area contributed by atoms with Crippen LogP contribution in [0.2, 0.25) is 0 Å². The maximum absolute atomic E-state index is 12.6. The number of carbonyl (C=O) groups excluding carboxylic acids is 3. The van der Waals surface area contributed by atoms with E-state index in [4.69, 9.17) is 25.8 Å². The van der Waals surface area contributed by atoms with Gasteiger partial charge in [0, 0.05) is 25.7 Å². The molecule has 0 bridgehead atoms. The van der Waals surface area contributed by atoms with Crippen LogP contribution in [-0.2, 0) is 28.6 Å². The van der Waals surface area contributed by atoms with Crippen molar-refractivity contribution in [3.8, 4) is 0 Å². The van der Waals surface area contributed by atoms with Crippen molar-refractivity contribution in [2.75, 3.05) is 0 Å². The molecule has 0 amide bonds. The molecule has 1 aliphatic rings. The summed E-state index contributed by atoms with van der Waals surface area (Å²) in [4.78, 5) is 35.7. The smallest absolute Gasteiger partial charge is 0.309 e. The van der Waals surface area contributed by atoms with Gasteiger partial charge in [0.25, 0.3) is 0 Å². The second-order valence-electron chi connectivity index (χ2n) is 11.9. The summed E-state index contributed by atoms with van der Waals surface area (Å²) in [6, 6.07) is 0. The van der Waals surface area contributed by atoms with Gasteiger partial charge >= 0.3 is 17.9 Å². The number of ether oxygens (including phenoxy) is 3. The first kappa shape index (κ1) is 37.8. The lowest BCUT2D eigenvalue weighted by Crippen LogP contribution is -2.42. The lowest BCUT2D eigenvalue weighted by Gasteiger charge is -2.32. The Bertz CT molecular complexity index is 973. The number of alkyl halides is 1. The summed E-state index contributed by atoms with van der Waals surface area (Å²) in [5.41, 5.74) is -0.691. The van der Waals surface area contributed by atoms with Gasteiger partial charge in [0.2, 0.25) is 0 Å². The van der Waals surface area contributed by atoms with Crippen molar-refractivity contribution < 1.29 is 43.9 Å². The Labute approximate surface area is 255 Å². The van der Waals surface area contributed by atoms with Crippen LogP contribution in [-0.4, -0.2) is 74.7 Å². The lowest BCUT2D eigenvalue weighted by molar-refractivity contribution is -0.157. The lowest BCUT2D eigenvalue weighted by atomic mass is 9.88. The van der Waals surface area contributed by atoms with Gasteiger partial charge in [-0.25, -0.2) is 0 Å². The molecule has 0 saturated heterocycles. The molecule has 0 aromatic carbocycles. The molecule has 42 heavy (non-hydrogen) atoms. The zero-order valence-electron chi connectivity index (χ0n) is 26.3. The quantitative estimate of drug-likeness (QED) is 0.0985. The molecule has 10 atom stereocenters. The van der Waals surface area contributed by atoms with Crippen molar-refractivity contribution in [1.29, 1.82) is 0 Å². The van der Waals surface area contributed by atoms with E-state index in [1.807, 2.05) is 52.8 Å². The Hall–Kier alpha value is -2.20. The maximum atomic E-state index is 12.6. The number of hydrogen-bond acceptors (Lipinski definition) is 9. The van der Waals surface area contributed by atoms with Gasteiger partial charge in [-0.1, -0.05) is 52.0 Å². The number of carbonyl (C=O) groups is 3. The minimum Gasteiger partial charge on any atom is -0.462 e. The average molecular weight is 615 g/mol. The molecule has 0 aliphatic carbocycles. The highest BCUT2D eigenvalue weighted by atomic mass is 35.5. The Balaban J connectivity index is 3.05. The first-order chi connectivity index (χ1) is 19.5. The van der Waals surface area contributed by atoms with Gasteiger partial charge in [0.05, 0.1) is 24.0 Å². The van der Waals surface area contributed by atoms with Gasteiger partial charge in [-0.05, 0) is 57.1 Å². The van der Waals surface area contributed by atoms with Crippen molar-refractivity contribution in [3.05, 3.63) is 36.0 Å². The molecule has 0 aromatic heterocycles. The van der Waals surface area contributed by atoms with E-state index < -0.39 is 59.4 Å². The molecule has 10 heteroatoms. The second kappa shape index (κ2) is 17.8. The van der Waals surface area contributed by atoms with Crippen molar-refractivity contribution in [1.82, 2.24) is 0 Å². The molecule has 9 nitrogen and oxygen atoms in total. The third kappa shape index (κ3) is 13.0. The van der Waals surface area contributed by atoms with Crippen LogP contribution >= 0.6 is 11.6 Å². The number of hydrogen-bond donors (Lipinski definition) is 3. The van der Waals surface area contributed by atoms with Crippen LogP contribution in [0.3, 0.4) is 0 Å². The standard InChI is InChI=1S/C32H51ClO9/c1-9-27(40-23(6)34)22(5)30(38)26(33)17-19(2)11-10-12-20(3)31-21(4)13-14-28(41-24(7)35)32(8,39)16-15-25(36)18-29(37)42-31/h10-14,19,21-22,25-28,30-31,36,38-39H,9,15-18H2,1-8H3/b11-10+,14-13+,20-12+. The van der Waals surface area contributed by atoms with Crippen LogP contribution in [0.25, 0.3) is 0 Å². The van der Waals surface area contributed by atoms with Gasteiger partial charge in [-0.15, -0.1) is 11.6 Å². The highest BCUT2D eigenvalue weighted by Crippen LogP contribution is 2.28. The van der Waals surface area contributed by atoms with Gasteiger partial charge in [0.15, 0.2) is 0 Å². The van der Waals surface area contributed by atoms with Gasteiger partial charge in [-0.3, -0.25) is 14.4 Å². The highest BCUT2D eigenvalue weighted by molar-refractivity contribution is 6.21. The zero-order chi connectivity index (χ0) is 32.2. The molecule has 0 fully saturated rings. The SMILES string of the molecule is CCC(OC(C)=O)C(C)C(O)C(Cl)CC(C)/C=C/C=C(\C)C1OC(=O)CC(O)CCC(C)(O)C(OC(C)=O)/C=C/C1C. The number of cyclic esters (lactones) is 1. The fraction of sp³-hybridized carbons (Fsp3) is 0.719. The topological polar surface area (TPSA) is 140 Å². The number of allylic oxidation sites excluding steroid dienone is 3. The van der Waals surface area contributed by atoms with Crippen molar-refractivity contribution >= 4 is 29.5 Å². The molecule has 10 unspecified atom stereocenters. The molecule has 0 radical (unpaired) electrons. The average Bonchev–Trinajstić information content (AvgIpc) is 2.89. The Morgan fingerprint density at radius 3 is 2.43 bits per heavy atom. The summed E-state index contributed by atoms with van der Waals surface area (Å²) in [5.74, 6) is -2.15. The molecule has 0 saturated carbocycles. The van der Waals surface area contributed by atoms with Gasteiger partial charge < -0.3 is 29.5 Å². The molecule has 1 heterocycles. The van der Waals surface area contributed by atoms with E-state index >= 15 is 0 Å². The number of aliphatic hydroxyl groups is 3. The van der Waals surface area contributed by atoms with Crippen molar-refractivity contribution in [2.45, 2.75) is 129 Å². The van der Waals surface area contributed by atoms with E-state index in [1.165, 1.54) is 20.8 Å². The van der Waals surface area contributed by atoms with Crippen LogP contribution in [0, 0.1) is 17.8 Å². The minimum absolute atomic E-state index is 0.00486. The fourth-order valence-electron chi connectivity index (χ4n) is 5.02. The Kier molecular flexibility index (Phi) is 16.0. The summed E-state index contributed by atoms with van der Waals surface area (Å²) < 4.78 is 16.4. The highest BCUT2D eigenvalue weighted by Gasteiger charge is 2.35. The van der Waals surface area contributed by atoms with Crippen LogP contribution in [0.1, 0.15) is 87.5 Å². The predicted molar refractivity (Wildman–Crippen MR) is 162 cm³/mol. The summed E-state index contributed by atoms with van der Waals surface area (Å²) in [5, 5.41) is 31.5. The molecule has 1 rings (SSSR count). The van der Waals surface area contributed by atoms with Crippen LogP contribution in [0.4, 0.5) is 0 Å². The number of esters is 3. The largest absolute Gasteiger partial charge is 0.462 e. The van der Waals surface area contributed by atoms with E-state index in [9.17, 15) is 29.7 Å². The minimum atomic E-state index is -1.44. The maximum Gasteiger partial charge on any atom is 0.309 e. The van der Waals surface area contributed by atoms with Crippen LogP contribution in [0.5, 0.6) is 0 Å². The van der Waals surface area contributed by atoms with E-state index in [1.54, 1.807) is 12.2 Å². The normalized spacial score (nSPS) is 30.6.